The number of carbonyl (C=O) groups excluding carboxylic acids is 2. The Bertz CT molecular complexity index is 1330. The van der Waals surface area contributed by atoms with Crippen LogP contribution in [0.15, 0.2) is 55.6 Å². The van der Waals surface area contributed by atoms with Crippen molar-refractivity contribution in [2.24, 2.45) is 5.10 Å². The van der Waals surface area contributed by atoms with Crippen molar-refractivity contribution in [2.75, 3.05) is 26.9 Å². The Kier molecular flexibility index (Phi) is 11.2. The van der Waals surface area contributed by atoms with Gasteiger partial charge in [-0.1, -0.05) is 12.0 Å². The first-order chi connectivity index (χ1) is 19.2. The third-order valence-electron chi connectivity index (χ3n) is 5.43. The van der Waals surface area contributed by atoms with E-state index in [4.69, 9.17) is 25.4 Å². The number of allylic oxidation sites excluding steroid dienone is 1. The summed E-state index contributed by atoms with van der Waals surface area (Å²) < 4.78 is 23.2. The summed E-state index contributed by atoms with van der Waals surface area (Å²) in [6, 6.07) is 7.35. The van der Waals surface area contributed by atoms with Crippen LogP contribution in [0.4, 0.5) is 4.79 Å². The van der Waals surface area contributed by atoms with Crippen LogP contribution >= 0.6 is 31.9 Å². The van der Waals surface area contributed by atoms with Crippen LogP contribution in [0.2, 0.25) is 0 Å². The SMILES string of the molecule is C#CCOc1c(Br)cc(/C=N\N[C@@H](O)COc2ccc([C@@H]3NC(=O)NC(C)=C3C(=O)OC)cc2OCC)cc1Br. The number of ether oxygens (including phenoxy) is 4. The molecule has 0 saturated carbocycles. The van der Waals surface area contributed by atoms with Crippen LogP contribution in [0, 0.1) is 12.3 Å². The average Bonchev–Trinajstić information content (AvgIpc) is 2.91. The highest BCUT2D eigenvalue weighted by Crippen LogP contribution is 2.35. The summed E-state index contributed by atoms with van der Waals surface area (Å²) in [5, 5.41) is 19.7. The molecule has 0 spiro atoms. The third kappa shape index (κ3) is 7.91. The van der Waals surface area contributed by atoms with Gasteiger partial charge >= 0.3 is 12.0 Å². The minimum atomic E-state index is -1.14. The fourth-order valence-corrected chi connectivity index (χ4v) is 5.18. The molecule has 0 radical (unpaired) electrons. The number of methoxy groups -OCH3 is 1. The minimum absolute atomic E-state index is 0.131. The number of hydrazone groups is 1. The smallest absolute Gasteiger partial charge is 0.337 e. The molecule has 40 heavy (non-hydrogen) atoms. The van der Waals surface area contributed by atoms with E-state index in [0.717, 1.165) is 5.56 Å². The lowest BCUT2D eigenvalue weighted by molar-refractivity contribution is -0.136. The van der Waals surface area contributed by atoms with Gasteiger partial charge in [-0.25, -0.2) is 9.59 Å². The zero-order valence-corrected chi connectivity index (χ0v) is 25.1. The molecular formula is C27H28Br2N4O7. The van der Waals surface area contributed by atoms with Crippen molar-refractivity contribution >= 4 is 50.1 Å². The fraction of sp³-hybridized carbons (Fsp3) is 0.296. The van der Waals surface area contributed by atoms with Crippen molar-refractivity contribution in [1.29, 1.82) is 0 Å². The molecule has 13 heteroatoms. The van der Waals surface area contributed by atoms with Gasteiger partial charge in [-0.05, 0) is 81.1 Å². The first-order valence-corrected chi connectivity index (χ1v) is 13.5. The molecule has 2 amide bonds. The van der Waals surface area contributed by atoms with E-state index < -0.39 is 24.3 Å². The maximum absolute atomic E-state index is 12.4. The maximum Gasteiger partial charge on any atom is 0.337 e. The van der Waals surface area contributed by atoms with Crippen LogP contribution in [0.5, 0.6) is 17.2 Å². The Morgan fingerprint density at radius 3 is 2.60 bits per heavy atom. The van der Waals surface area contributed by atoms with Crippen LogP contribution in [-0.2, 0) is 9.53 Å². The third-order valence-corrected chi connectivity index (χ3v) is 6.61. The number of nitrogens with zero attached hydrogens (tertiary/aromatic N) is 1. The van der Waals surface area contributed by atoms with Crippen LogP contribution in [0.1, 0.15) is 31.0 Å². The molecule has 0 unspecified atom stereocenters. The zero-order valence-electron chi connectivity index (χ0n) is 21.9. The molecule has 2 aromatic rings. The molecule has 1 aliphatic rings. The topological polar surface area (TPSA) is 140 Å². The number of carbonyl (C=O) groups is 2. The monoisotopic (exact) mass is 678 g/mol. The standard InChI is InChI=1S/C27H28Br2N4O7/c1-5-9-39-25-18(28)10-16(11-19(25)29)13-30-33-22(34)14-40-20-8-7-17(12-21(20)38-6-2)24-23(26(35)37-4)15(3)31-27(36)32-24/h1,7-8,10-13,22,24,33-34H,6,9,14H2,2-4H3,(H2,31,32,36)/b30-13-/t22-,24-/m0/s1. The highest BCUT2D eigenvalue weighted by atomic mass is 79.9. The number of aliphatic hydroxyl groups is 1. The van der Waals surface area contributed by atoms with E-state index >= 15 is 0 Å². The van der Waals surface area contributed by atoms with Gasteiger partial charge in [0.05, 0.1) is 40.5 Å². The van der Waals surface area contributed by atoms with Gasteiger partial charge in [-0.3, -0.25) is 5.43 Å². The van der Waals surface area contributed by atoms with Crippen molar-refractivity contribution < 1.29 is 33.6 Å². The second-order valence-corrected chi connectivity index (χ2v) is 9.93. The maximum atomic E-state index is 12.4. The molecule has 0 fully saturated rings. The molecule has 212 valence electrons. The second kappa shape index (κ2) is 14.6. The van der Waals surface area contributed by atoms with Crippen molar-refractivity contribution in [3.8, 4) is 29.6 Å². The summed E-state index contributed by atoms with van der Waals surface area (Å²) in [5.41, 5.74) is 4.56. The number of hydrogen-bond donors (Lipinski definition) is 4. The van der Waals surface area contributed by atoms with E-state index in [1.165, 1.54) is 13.3 Å². The van der Waals surface area contributed by atoms with E-state index in [2.05, 4.69) is 58.9 Å². The van der Waals surface area contributed by atoms with E-state index in [1.54, 1.807) is 37.3 Å². The number of amides is 2. The van der Waals surface area contributed by atoms with Crippen molar-refractivity contribution in [1.82, 2.24) is 16.1 Å². The molecule has 0 saturated heterocycles. The van der Waals surface area contributed by atoms with E-state index in [1.807, 2.05) is 6.92 Å². The summed E-state index contributed by atoms with van der Waals surface area (Å²) in [6.07, 6.45) is 5.62. The number of benzene rings is 2. The van der Waals surface area contributed by atoms with Gasteiger partial charge < -0.3 is 34.7 Å². The predicted octanol–water partition coefficient (Wildman–Crippen LogP) is 3.74. The van der Waals surface area contributed by atoms with Gasteiger partial charge in [0.1, 0.15) is 19.0 Å². The molecule has 0 aliphatic carbocycles. The highest BCUT2D eigenvalue weighted by Gasteiger charge is 2.32. The molecule has 0 bridgehead atoms. The first kappa shape index (κ1) is 30.8. The first-order valence-electron chi connectivity index (χ1n) is 12.0. The molecule has 4 N–H and O–H groups in total. The van der Waals surface area contributed by atoms with Crippen molar-refractivity contribution in [2.45, 2.75) is 26.1 Å². The number of esters is 1. The Balaban J connectivity index is 1.68. The van der Waals surface area contributed by atoms with Crippen LogP contribution < -0.4 is 30.3 Å². The quantitative estimate of drug-likeness (QED) is 0.0875. The molecule has 2 aromatic carbocycles. The molecule has 2 atom stereocenters. The summed E-state index contributed by atoms with van der Waals surface area (Å²) in [5.74, 6) is 3.13. The van der Waals surface area contributed by atoms with Gasteiger partial charge in [-0.15, -0.1) is 6.42 Å². The normalized spacial score (nSPS) is 15.5. The molecular weight excluding hydrogens is 652 g/mol. The number of urea groups is 1. The fourth-order valence-electron chi connectivity index (χ4n) is 3.73. The van der Waals surface area contributed by atoms with E-state index in [-0.39, 0.29) is 18.8 Å². The Labute approximate surface area is 248 Å². The summed E-state index contributed by atoms with van der Waals surface area (Å²) in [7, 11) is 1.27. The summed E-state index contributed by atoms with van der Waals surface area (Å²) >= 11 is 6.87. The van der Waals surface area contributed by atoms with Crippen LogP contribution in [0.25, 0.3) is 0 Å². The number of nitrogens with one attached hydrogen (secondary N) is 3. The van der Waals surface area contributed by atoms with E-state index in [0.29, 0.717) is 44.1 Å². The Morgan fingerprint density at radius 2 is 1.95 bits per heavy atom. The van der Waals surface area contributed by atoms with Crippen molar-refractivity contribution in [3.63, 3.8) is 0 Å². The van der Waals surface area contributed by atoms with Crippen LogP contribution in [0.3, 0.4) is 0 Å². The Morgan fingerprint density at radius 1 is 1.23 bits per heavy atom. The van der Waals surface area contributed by atoms with Gasteiger partial charge in [0.2, 0.25) is 0 Å². The van der Waals surface area contributed by atoms with Crippen molar-refractivity contribution in [3.05, 3.63) is 61.7 Å². The summed E-state index contributed by atoms with van der Waals surface area (Å²) in [6.45, 7) is 3.74. The number of terminal acetylenes is 1. The zero-order chi connectivity index (χ0) is 29.2. The summed E-state index contributed by atoms with van der Waals surface area (Å²) in [4.78, 5) is 24.5. The Hall–Kier alpha value is -3.73. The molecule has 1 aliphatic heterocycles. The lowest BCUT2D eigenvalue weighted by atomic mass is 9.95. The predicted molar refractivity (Wildman–Crippen MR) is 155 cm³/mol. The highest BCUT2D eigenvalue weighted by molar-refractivity contribution is 9.11. The molecule has 11 nitrogen and oxygen atoms in total. The largest absolute Gasteiger partial charge is 0.490 e. The molecule has 1 heterocycles. The second-order valence-electron chi connectivity index (χ2n) is 8.22. The van der Waals surface area contributed by atoms with Crippen LogP contribution in [-0.4, -0.2) is 56.5 Å². The van der Waals surface area contributed by atoms with E-state index in [9.17, 15) is 14.7 Å². The lowest BCUT2D eigenvalue weighted by Crippen LogP contribution is -2.45. The number of rotatable bonds is 12. The minimum Gasteiger partial charge on any atom is -0.490 e. The average molecular weight is 680 g/mol. The van der Waals surface area contributed by atoms with Gasteiger partial charge in [0.25, 0.3) is 0 Å². The number of aliphatic hydroxyl groups excluding tert-OH is 1. The molecule has 3 rings (SSSR count). The lowest BCUT2D eigenvalue weighted by Gasteiger charge is -2.28. The number of halogens is 2. The number of hydrogen-bond acceptors (Lipinski definition) is 9. The van der Waals surface area contributed by atoms with Gasteiger partial charge in [0.15, 0.2) is 17.7 Å². The van der Waals surface area contributed by atoms with Gasteiger partial charge in [-0.2, -0.15) is 5.10 Å². The van der Waals surface area contributed by atoms with Gasteiger partial charge in [0, 0.05) is 5.70 Å². The molecule has 0 aromatic heterocycles.